The number of halogens is 1. The summed E-state index contributed by atoms with van der Waals surface area (Å²) < 4.78 is 6.23. The van der Waals surface area contributed by atoms with Gasteiger partial charge in [0, 0.05) is 21.1 Å². The third kappa shape index (κ3) is 5.22. The number of rotatable bonds is 7. The van der Waals surface area contributed by atoms with Crippen molar-refractivity contribution in [3.8, 4) is 11.1 Å². The molecule has 3 aromatic carbocycles. The van der Waals surface area contributed by atoms with Crippen LogP contribution >= 0.6 is 22.6 Å². The molecule has 0 saturated carbocycles. The van der Waals surface area contributed by atoms with E-state index < -0.39 is 18.1 Å². The van der Waals surface area contributed by atoms with Gasteiger partial charge in [0.15, 0.2) is 0 Å². The highest BCUT2D eigenvalue weighted by atomic mass is 127. The average molecular weight is 570 g/mol. The summed E-state index contributed by atoms with van der Waals surface area (Å²) in [5.41, 5.74) is 5.49. The fourth-order valence-electron chi connectivity index (χ4n) is 4.12. The molecule has 0 saturated heterocycles. The molecule has 34 heavy (non-hydrogen) atoms. The van der Waals surface area contributed by atoms with Crippen molar-refractivity contribution in [3.05, 3.63) is 87.0 Å². The van der Waals surface area contributed by atoms with Gasteiger partial charge in [0.1, 0.15) is 6.61 Å². The zero-order valence-electron chi connectivity index (χ0n) is 18.4. The SMILES string of the molecule is C[C@H](CC(=O)O)NC(=O)c1ccc(NC(=O)OCC2c3ccccc3-c3ccccc32)c(I)c1. The largest absolute Gasteiger partial charge is 0.481 e. The minimum absolute atomic E-state index is 0.0314. The normalized spacial score (nSPS) is 12.9. The standard InChI is InChI=1S/C26H23IN2O5/c1-15(12-24(30)31)28-25(32)16-10-11-23(22(27)13-16)29-26(33)34-14-21-19-8-4-2-6-17(19)18-7-3-5-9-20(18)21/h2-11,13,15,21H,12,14H2,1H3,(H,28,32)(H,29,33)(H,30,31)/t15-/m1/s1. The summed E-state index contributed by atoms with van der Waals surface area (Å²) >= 11 is 2.03. The van der Waals surface area contributed by atoms with E-state index >= 15 is 0 Å². The Labute approximate surface area is 210 Å². The van der Waals surface area contributed by atoms with E-state index in [1.807, 2.05) is 46.9 Å². The lowest BCUT2D eigenvalue weighted by atomic mass is 9.98. The van der Waals surface area contributed by atoms with Crippen LogP contribution in [0, 0.1) is 3.57 Å². The Bertz CT molecular complexity index is 1210. The third-order valence-electron chi connectivity index (χ3n) is 5.67. The van der Waals surface area contributed by atoms with Gasteiger partial charge in [-0.15, -0.1) is 0 Å². The number of hydrogen-bond donors (Lipinski definition) is 3. The predicted octanol–water partition coefficient (Wildman–Crippen LogP) is 5.25. The first-order chi connectivity index (χ1) is 16.3. The molecular formula is C26H23IN2O5. The smallest absolute Gasteiger partial charge is 0.411 e. The number of ether oxygens (including phenoxy) is 1. The van der Waals surface area contributed by atoms with E-state index in [1.165, 1.54) is 0 Å². The van der Waals surface area contributed by atoms with Crippen molar-refractivity contribution in [2.75, 3.05) is 11.9 Å². The number of amides is 2. The van der Waals surface area contributed by atoms with Crippen LogP contribution in [0.1, 0.15) is 40.7 Å². The van der Waals surface area contributed by atoms with Crippen LogP contribution < -0.4 is 10.6 Å². The first-order valence-electron chi connectivity index (χ1n) is 10.8. The van der Waals surface area contributed by atoms with Gasteiger partial charge in [0.2, 0.25) is 0 Å². The number of nitrogens with one attached hydrogen (secondary N) is 2. The first kappa shape index (κ1) is 23.7. The highest BCUT2D eigenvalue weighted by Crippen LogP contribution is 2.44. The maximum atomic E-state index is 12.5. The van der Waals surface area contributed by atoms with Crippen molar-refractivity contribution >= 4 is 46.2 Å². The number of aliphatic carboxylic acids is 1. The summed E-state index contributed by atoms with van der Waals surface area (Å²) in [4.78, 5) is 35.7. The number of carbonyl (C=O) groups is 3. The molecule has 0 unspecified atom stereocenters. The van der Waals surface area contributed by atoms with E-state index in [4.69, 9.17) is 9.84 Å². The fraction of sp³-hybridized carbons (Fsp3) is 0.192. The van der Waals surface area contributed by atoms with Crippen LogP contribution in [0.4, 0.5) is 10.5 Å². The van der Waals surface area contributed by atoms with Crippen molar-refractivity contribution in [1.29, 1.82) is 0 Å². The molecule has 3 aromatic rings. The van der Waals surface area contributed by atoms with Crippen molar-refractivity contribution < 1.29 is 24.2 Å². The highest BCUT2D eigenvalue weighted by Gasteiger charge is 2.29. The van der Waals surface area contributed by atoms with Crippen LogP contribution in [0.25, 0.3) is 11.1 Å². The van der Waals surface area contributed by atoms with Crippen LogP contribution in [-0.4, -0.2) is 35.7 Å². The van der Waals surface area contributed by atoms with Gasteiger partial charge in [-0.2, -0.15) is 0 Å². The molecule has 0 spiro atoms. The molecule has 0 bridgehead atoms. The summed E-state index contributed by atoms with van der Waals surface area (Å²) in [6.45, 7) is 1.84. The molecule has 1 aliphatic carbocycles. The van der Waals surface area contributed by atoms with E-state index in [0.29, 0.717) is 14.8 Å². The number of anilines is 1. The van der Waals surface area contributed by atoms with E-state index in [0.717, 1.165) is 22.3 Å². The minimum Gasteiger partial charge on any atom is -0.481 e. The molecule has 1 aliphatic rings. The topological polar surface area (TPSA) is 105 Å². The molecule has 8 heteroatoms. The van der Waals surface area contributed by atoms with Gasteiger partial charge in [-0.1, -0.05) is 48.5 Å². The Kier molecular flexibility index (Phi) is 7.16. The Morgan fingerprint density at radius 3 is 2.21 bits per heavy atom. The second-order valence-electron chi connectivity index (χ2n) is 8.12. The summed E-state index contributed by atoms with van der Waals surface area (Å²) in [6.07, 6.45) is -0.739. The molecule has 2 amide bonds. The molecule has 4 rings (SSSR count). The van der Waals surface area contributed by atoms with Crippen LogP contribution in [0.15, 0.2) is 66.7 Å². The molecule has 3 N–H and O–H groups in total. The quantitative estimate of drug-likeness (QED) is 0.337. The van der Waals surface area contributed by atoms with E-state index in [-0.39, 0.29) is 24.9 Å². The summed E-state index contributed by atoms with van der Waals surface area (Å²) in [5.74, 6) is -1.39. The number of benzene rings is 3. The zero-order valence-corrected chi connectivity index (χ0v) is 20.5. The molecule has 0 aliphatic heterocycles. The molecular weight excluding hydrogens is 547 g/mol. The molecule has 0 radical (unpaired) electrons. The third-order valence-corrected chi connectivity index (χ3v) is 6.56. The van der Waals surface area contributed by atoms with Gasteiger partial charge < -0.3 is 15.2 Å². The number of fused-ring (bicyclic) bond motifs is 3. The molecule has 174 valence electrons. The van der Waals surface area contributed by atoms with Gasteiger partial charge >= 0.3 is 12.1 Å². The Morgan fingerprint density at radius 2 is 1.62 bits per heavy atom. The second-order valence-corrected chi connectivity index (χ2v) is 9.28. The summed E-state index contributed by atoms with van der Waals surface area (Å²) in [6, 6.07) is 20.6. The van der Waals surface area contributed by atoms with Gasteiger partial charge in [0.05, 0.1) is 12.1 Å². The molecule has 7 nitrogen and oxygen atoms in total. The van der Waals surface area contributed by atoms with Crippen molar-refractivity contribution in [1.82, 2.24) is 5.32 Å². The molecule has 1 atom stereocenters. The number of carbonyl (C=O) groups excluding carboxylic acids is 2. The lowest BCUT2D eigenvalue weighted by molar-refractivity contribution is -0.137. The number of hydrogen-bond acceptors (Lipinski definition) is 4. The maximum absolute atomic E-state index is 12.5. The molecule has 0 heterocycles. The van der Waals surface area contributed by atoms with Crippen molar-refractivity contribution in [2.45, 2.75) is 25.3 Å². The predicted molar refractivity (Wildman–Crippen MR) is 137 cm³/mol. The number of carboxylic acids is 1. The average Bonchev–Trinajstić information content (AvgIpc) is 3.12. The maximum Gasteiger partial charge on any atom is 0.411 e. The van der Waals surface area contributed by atoms with Crippen molar-refractivity contribution in [2.24, 2.45) is 0 Å². The first-order valence-corrected chi connectivity index (χ1v) is 11.9. The monoisotopic (exact) mass is 570 g/mol. The summed E-state index contributed by atoms with van der Waals surface area (Å²) in [7, 11) is 0. The van der Waals surface area contributed by atoms with Gasteiger partial charge in [-0.25, -0.2) is 4.79 Å². The Balaban J connectivity index is 1.38. The Morgan fingerprint density at radius 1 is 1.00 bits per heavy atom. The second kappa shape index (κ2) is 10.3. The lowest BCUT2D eigenvalue weighted by Gasteiger charge is -2.15. The summed E-state index contributed by atoms with van der Waals surface area (Å²) in [5, 5.41) is 14.2. The highest BCUT2D eigenvalue weighted by molar-refractivity contribution is 14.1. The van der Waals surface area contributed by atoms with Gasteiger partial charge in [-0.3, -0.25) is 14.9 Å². The zero-order chi connectivity index (χ0) is 24.2. The van der Waals surface area contributed by atoms with Gasteiger partial charge in [0.25, 0.3) is 5.91 Å². The van der Waals surface area contributed by atoms with Crippen LogP contribution in [-0.2, 0) is 9.53 Å². The van der Waals surface area contributed by atoms with Crippen LogP contribution in [0.2, 0.25) is 0 Å². The Hall–Kier alpha value is -3.40. The minimum atomic E-state index is -0.981. The van der Waals surface area contributed by atoms with E-state index in [1.54, 1.807) is 25.1 Å². The van der Waals surface area contributed by atoms with Gasteiger partial charge in [-0.05, 0) is 70.0 Å². The van der Waals surface area contributed by atoms with E-state index in [9.17, 15) is 14.4 Å². The van der Waals surface area contributed by atoms with E-state index in [2.05, 4.69) is 34.9 Å². The van der Waals surface area contributed by atoms with Crippen LogP contribution in [0.5, 0.6) is 0 Å². The fourth-order valence-corrected chi connectivity index (χ4v) is 4.77. The molecule has 0 fully saturated rings. The number of carboxylic acid groups (broad SMARTS) is 1. The lowest BCUT2D eigenvalue weighted by Crippen LogP contribution is -2.34. The molecule has 0 aromatic heterocycles. The van der Waals surface area contributed by atoms with Crippen LogP contribution in [0.3, 0.4) is 0 Å². The van der Waals surface area contributed by atoms with Crippen molar-refractivity contribution in [3.63, 3.8) is 0 Å².